The lowest BCUT2D eigenvalue weighted by atomic mass is 10.1. The Kier molecular flexibility index (Phi) is 8.91. The van der Waals surface area contributed by atoms with E-state index >= 15 is 0 Å². The highest BCUT2D eigenvalue weighted by atomic mass is 79.9. The number of esters is 1. The predicted molar refractivity (Wildman–Crippen MR) is 151 cm³/mol. The van der Waals surface area contributed by atoms with E-state index in [9.17, 15) is 14.4 Å². The van der Waals surface area contributed by atoms with Crippen LogP contribution in [-0.2, 0) is 0 Å². The van der Waals surface area contributed by atoms with Crippen LogP contribution in [0, 0.1) is 0 Å². The SMILES string of the molecule is O=C(N/N=C\c1cc(Br)ccc1OC(=O)c1ccc(Cl)cc1)c1ccc(NC(=O)c2ccc(Cl)cc2)cc1. The van der Waals surface area contributed by atoms with Crippen LogP contribution < -0.4 is 15.5 Å². The molecule has 0 fully saturated rings. The maximum absolute atomic E-state index is 12.5. The van der Waals surface area contributed by atoms with Gasteiger partial charge >= 0.3 is 5.97 Å². The average Bonchev–Trinajstić information content (AvgIpc) is 2.91. The Bertz CT molecular complexity index is 1510. The molecule has 7 nitrogen and oxygen atoms in total. The molecule has 0 bridgehead atoms. The molecule has 0 saturated heterocycles. The maximum atomic E-state index is 12.5. The smallest absolute Gasteiger partial charge is 0.343 e. The van der Waals surface area contributed by atoms with Gasteiger partial charge in [-0.1, -0.05) is 39.1 Å². The Labute approximate surface area is 236 Å². The van der Waals surface area contributed by atoms with Crippen molar-refractivity contribution in [1.82, 2.24) is 5.43 Å². The molecule has 2 N–H and O–H groups in total. The molecule has 0 radical (unpaired) electrons. The number of amides is 2. The van der Waals surface area contributed by atoms with Gasteiger partial charge in [0.2, 0.25) is 0 Å². The predicted octanol–water partition coefficient (Wildman–Crippen LogP) is 6.99. The van der Waals surface area contributed by atoms with Gasteiger partial charge in [-0.2, -0.15) is 5.10 Å². The molecule has 0 aliphatic heterocycles. The molecular formula is C28H18BrCl2N3O4. The first-order valence-electron chi connectivity index (χ1n) is 11.1. The summed E-state index contributed by atoms with van der Waals surface area (Å²) in [6.07, 6.45) is 1.37. The highest BCUT2D eigenvalue weighted by Gasteiger charge is 2.12. The monoisotopic (exact) mass is 609 g/mol. The number of hydrazone groups is 1. The van der Waals surface area contributed by atoms with E-state index < -0.39 is 11.9 Å². The number of carbonyl (C=O) groups is 3. The minimum absolute atomic E-state index is 0.256. The van der Waals surface area contributed by atoms with E-state index in [1.807, 2.05) is 0 Å². The third-order valence-electron chi connectivity index (χ3n) is 5.14. The first-order valence-corrected chi connectivity index (χ1v) is 12.6. The molecule has 2 amide bonds. The van der Waals surface area contributed by atoms with E-state index in [4.69, 9.17) is 27.9 Å². The molecule has 4 aromatic carbocycles. The number of nitrogens with zero attached hydrogens (tertiary/aromatic N) is 1. The van der Waals surface area contributed by atoms with E-state index in [1.54, 1.807) is 91.0 Å². The van der Waals surface area contributed by atoms with E-state index in [1.165, 1.54) is 6.21 Å². The zero-order valence-corrected chi connectivity index (χ0v) is 22.5. The molecule has 0 saturated carbocycles. The van der Waals surface area contributed by atoms with Gasteiger partial charge in [-0.05, 0) is 91.0 Å². The number of benzene rings is 4. The Balaban J connectivity index is 1.38. The van der Waals surface area contributed by atoms with Gasteiger partial charge < -0.3 is 10.1 Å². The van der Waals surface area contributed by atoms with Crippen LogP contribution in [0.15, 0.2) is 101 Å². The summed E-state index contributed by atoms with van der Waals surface area (Å²) in [5, 5.41) is 7.79. The largest absolute Gasteiger partial charge is 0.422 e. The van der Waals surface area contributed by atoms with E-state index in [-0.39, 0.29) is 11.7 Å². The maximum Gasteiger partial charge on any atom is 0.343 e. The topological polar surface area (TPSA) is 96.9 Å². The van der Waals surface area contributed by atoms with Gasteiger partial charge in [-0.3, -0.25) is 9.59 Å². The molecule has 190 valence electrons. The molecule has 0 aliphatic rings. The summed E-state index contributed by atoms with van der Waals surface area (Å²) >= 11 is 15.1. The number of nitrogens with one attached hydrogen (secondary N) is 2. The fourth-order valence-electron chi connectivity index (χ4n) is 3.19. The highest BCUT2D eigenvalue weighted by molar-refractivity contribution is 9.10. The Morgan fingerprint density at radius 1 is 0.737 bits per heavy atom. The first-order chi connectivity index (χ1) is 18.3. The summed E-state index contributed by atoms with van der Waals surface area (Å²) in [7, 11) is 0. The van der Waals surface area contributed by atoms with E-state index in [0.29, 0.717) is 38.0 Å². The zero-order valence-electron chi connectivity index (χ0n) is 19.5. The van der Waals surface area contributed by atoms with Crippen LogP contribution in [-0.4, -0.2) is 24.0 Å². The lowest BCUT2D eigenvalue weighted by Crippen LogP contribution is -2.18. The van der Waals surface area contributed by atoms with Gasteiger partial charge in [-0.25, -0.2) is 10.2 Å². The molecule has 0 heterocycles. The molecule has 0 aliphatic carbocycles. The number of hydrogen-bond acceptors (Lipinski definition) is 5. The second-order valence-electron chi connectivity index (χ2n) is 7.82. The minimum Gasteiger partial charge on any atom is -0.422 e. The number of hydrogen-bond donors (Lipinski definition) is 2. The number of anilines is 1. The van der Waals surface area contributed by atoms with Crippen molar-refractivity contribution in [3.05, 3.63) is 128 Å². The van der Waals surface area contributed by atoms with Crippen LogP contribution in [0.1, 0.15) is 36.6 Å². The fraction of sp³-hybridized carbons (Fsp3) is 0. The zero-order chi connectivity index (χ0) is 27.1. The van der Waals surface area contributed by atoms with Crippen molar-refractivity contribution < 1.29 is 19.1 Å². The number of halogens is 3. The highest BCUT2D eigenvalue weighted by Crippen LogP contribution is 2.23. The number of rotatable bonds is 7. The van der Waals surface area contributed by atoms with Gasteiger partial charge in [0.25, 0.3) is 11.8 Å². The Morgan fingerprint density at radius 2 is 1.29 bits per heavy atom. The van der Waals surface area contributed by atoms with Crippen molar-refractivity contribution in [1.29, 1.82) is 0 Å². The molecule has 4 rings (SSSR count). The standard InChI is InChI=1S/C28H18BrCl2N3O4/c29-21-7-14-25(38-28(37)19-3-10-23(31)11-4-19)20(15-21)16-32-34-27(36)18-5-12-24(13-6-18)33-26(35)17-1-8-22(30)9-2-17/h1-16H,(H,33,35)(H,34,36)/b32-16-. The lowest BCUT2D eigenvalue weighted by Gasteiger charge is -2.08. The normalized spacial score (nSPS) is 10.7. The molecule has 0 atom stereocenters. The van der Waals surface area contributed by atoms with Crippen molar-refractivity contribution >= 4 is 68.8 Å². The van der Waals surface area contributed by atoms with Crippen LogP contribution >= 0.6 is 39.1 Å². The van der Waals surface area contributed by atoms with Crippen molar-refractivity contribution in [3.8, 4) is 5.75 Å². The summed E-state index contributed by atoms with van der Waals surface area (Å²) < 4.78 is 6.23. The van der Waals surface area contributed by atoms with Crippen LogP contribution in [0.2, 0.25) is 10.0 Å². The average molecular weight is 611 g/mol. The summed E-state index contributed by atoms with van der Waals surface area (Å²) in [5.74, 6) is -1.07. The summed E-state index contributed by atoms with van der Waals surface area (Å²) in [6.45, 7) is 0. The molecule has 0 unspecified atom stereocenters. The second kappa shape index (κ2) is 12.5. The molecule has 38 heavy (non-hydrogen) atoms. The van der Waals surface area contributed by atoms with Crippen molar-refractivity contribution in [3.63, 3.8) is 0 Å². The van der Waals surface area contributed by atoms with Gasteiger partial charge in [-0.15, -0.1) is 0 Å². The van der Waals surface area contributed by atoms with Crippen LogP contribution in [0.4, 0.5) is 5.69 Å². The van der Waals surface area contributed by atoms with Crippen LogP contribution in [0.3, 0.4) is 0 Å². The van der Waals surface area contributed by atoms with Gasteiger partial charge in [0, 0.05) is 36.9 Å². The molecule has 10 heteroatoms. The number of ether oxygens (including phenoxy) is 1. The molecular weight excluding hydrogens is 593 g/mol. The minimum atomic E-state index is -0.564. The quantitative estimate of drug-likeness (QED) is 0.102. The van der Waals surface area contributed by atoms with Crippen molar-refractivity contribution in [2.45, 2.75) is 0 Å². The van der Waals surface area contributed by atoms with Gasteiger partial charge in [0.1, 0.15) is 5.75 Å². The lowest BCUT2D eigenvalue weighted by molar-refractivity contribution is 0.0734. The summed E-state index contributed by atoms with van der Waals surface area (Å²) in [6, 6.07) is 24.2. The first kappa shape index (κ1) is 27.1. The van der Waals surface area contributed by atoms with E-state index in [0.717, 1.165) is 4.47 Å². The van der Waals surface area contributed by atoms with E-state index in [2.05, 4.69) is 31.8 Å². The molecule has 4 aromatic rings. The summed E-state index contributed by atoms with van der Waals surface area (Å²) in [4.78, 5) is 37.4. The van der Waals surface area contributed by atoms with Crippen molar-refractivity contribution in [2.75, 3.05) is 5.32 Å². The van der Waals surface area contributed by atoms with Crippen LogP contribution in [0.5, 0.6) is 5.75 Å². The Morgan fingerprint density at radius 3 is 1.92 bits per heavy atom. The van der Waals surface area contributed by atoms with Gasteiger partial charge in [0.15, 0.2) is 0 Å². The van der Waals surface area contributed by atoms with Gasteiger partial charge in [0.05, 0.1) is 11.8 Å². The third kappa shape index (κ3) is 7.29. The molecule has 0 aromatic heterocycles. The van der Waals surface area contributed by atoms with Crippen LogP contribution in [0.25, 0.3) is 0 Å². The summed E-state index contributed by atoms with van der Waals surface area (Å²) in [5.41, 5.74) is 4.54. The third-order valence-corrected chi connectivity index (χ3v) is 6.13. The molecule has 0 spiro atoms. The Hall–Kier alpha value is -3.98. The number of carbonyl (C=O) groups excluding carboxylic acids is 3. The fourth-order valence-corrected chi connectivity index (χ4v) is 3.82. The second-order valence-corrected chi connectivity index (χ2v) is 9.60. The van der Waals surface area contributed by atoms with Crippen molar-refractivity contribution in [2.24, 2.45) is 5.10 Å².